The number of piperidine rings is 1. The Morgan fingerprint density at radius 1 is 1.15 bits per heavy atom. The third-order valence-corrected chi connectivity index (χ3v) is 4.85. The standard InChI is InChI=1S/C15H25N5/c1-9-6-7-20(8-10(9)2)15-11(3)13(19-16)17-14(18-15)12-4-5-12/h9-10,12H,4-8,16H2,1-3H3,(H,17,18,19). The van der Waals surface area contributed by atoms with E-state index in [0.717, 1.165) is 42.0 Å². The molecule has 3 rings (SSSR count). The summed E-state index contributed by atoms with van der Waals surface area (Å²) in [4.78, 5) is 11.8. The molecule has 2 heterocycles. The summed E-state index contributed by atoms with van der Waals surface area (Å²) in [5, 5.41) is 0. The Hall–Kier alpha value is -1.36. The fourth-order valence-corrected chi connectivity index (χ4v) is 2.95. The maximum Gasteiger partial charge on any atom is 0.148 e. The SMILES string of the molecule is Cc1c(NN)nc(C2CC2)nc1N1CCC(C)C(C)C1. The first kappa shape index (κ1) is 13.6. The zero-order valence-corrected chi connectivity index (χ0v) is 12.7. The van der Waals surface area contributed by atoms with E-state index in [-0.39, 0.29) is 0 Å². The molecule has 20 heavy (non-hydrogen) atoms. The van der Waals surface area contributed by atoms with Crippen LogP contribution in [0.15, 0.2) is 0 Å². The molecule has 5 heteroatoms. The minimum absolute atomic E-state index is 0.544. The van der Waals surface area contributed by atoms with E-state index in [1.54, 1.807) is 0 Å². The molecule has 0 amide bonds. The summed E-state index contributed by atoms with van der Waals surface area (Å²) in [5.41, 5.74) is 3.81. The van der Waals surface area contributed by atoms with Gasteiger partial charge in [-0.25, -0.2) is 15.8 Å². The van der Waals surface area contributed by atoms with Gasteiger partial charge >= 0.3 is 0 Å². The average molecular weight is 275 g/mol. The Kier molecular flexibility index (Phi) is 3.54. The summed E-state index contributed by atoms with van der Waals surface area (Å²) >= 11 is 0. The summed E-state index contributed by atoms with van der Waals surface area (Å²) < 4.78 is 0. The van der Waals surface area contributed by atoms with Crippen LogP contribution in [0, 0.1) is 18.8 Å². The van der Waals surface area contributed by atoms with E-state index in [4.69, 9.17) is 10.8 Å². The van der Waals surface area contributed by atoms with Crippen LogP contribution in [0.3, 0.4) is 0 Å². The van der Waals surface area contributed by atoms with Gasteiger partial charge in [0.15, 0.2) is 0 Å². The number of nitrogen functional groups attached to an aromatic ring is 1. The summed E-state index contributed by atoms with van der Waals surface area (Å²) in [6.45, 7) is 8.89. The van der Waals surface area contributed by atoms with E-state index in [0.29, 0.717) is 11.8 Å². The van der Waals surface area contributed by atoms with Gasteiger partial charge in [0.25, 0.3) is 0 Å². The van der Waals surface area contributed by atoms with Gasteiger partial charge in [0.2, 0.25) is 0 Å². The van der Waals surface area contributed by atoms with Gasteiger partial charge in [-0.2, -0.15) is 0 Å². The van der Waals surface area contributed by atoms with Crippen molar-refractivity contribution in [3.05, 3.63) is 11.4 Å². The van der Waals surface area contributed by atoms with Gasteiger partial charge in [-0.3, -0.25) is 0 Å². The molecule has 2 aliphatic rings. The fourth-order valence-electron chi connectivity index (χ4n) is 2.95. The highest BCUT2D eigenvalue weighted by Crippen LogP contribution is 2.40. The molecule has 1 saturated carbocycles. The first-order valence-electron chi connectivity index (χ1n) is 7.70. The van der Waals surface area contributed by atoms with Crippen LogP contribution in [0.2, 0.25) is 0 Å². The van der Waals surface area contributed by atoms with Crippen molar-refractivity contribution in [2.45, 2.75) is 46.0 Å². The number of anilines is 2. The predicted octanol–water partition coefficient (Wildman–Crippen LogP) is 2.43. The molecular weight excluding hydrogens is 250 g/mol. The zero-order valence-electron chi connectivity index (χ0n) is 12.7. The maximum absolute atomic E-state index is 5.63. The third kappa shape index (κ3) is 2.46. The topological polar surface area (TPSA) is 67.1 Å². The number of aromatic nitrogens is 2. The van der Waals surface area contributed by atoms with Crippen LogP contribution in [0.1, 0.15) is 50.4 Å². The summed E-state index contributed by atoms with van der Waals surface area (Å²) in [6.07, 6.45) is 3.65. The molecule has 0 bridgehead atoms. The molecule has 2 unspecified atom stereocenters. The summed E-state index contributed by atoms with van der Waals surface area (Å²) in [5.74, 6) is 10.5. The molecule has 1 aromatic heterocycles. The monoisotopic (exact) mass is 275 g/mol. The van der Waals surface area contributed by atoms with E-state index in [1.165, 1.54) is 19.3 Å². The molecule has 3 N–H and O–H groups in total. The van der Waals surface area contributed by atoms with Gasteiger partial charge in [-0.1, -0.05) is 13.8 Å². The molecule has 2 fully saturated rings. The summed E-state index contributed by atoms with van der Waals surface area (Å²) in [6, 6.07) is 0. The second-order valence-electron chi connectivity index (χ2n) is 6.49. The van der Waals surface area contributed by atoms with Crippen molar-refractivity contribution in [2.24, 2.45) is 17.7 Å². The van der Waals surface area contributed by atoms with E-state index in [9.17, 15) is 0 Å². The van der Waals surface area contributed by atoms with Crippen LogP contribution in [0.4, 0.5) is 11.6 Å². The van der Waals surface area contributed by atoms with Crippen LogP contribution in [0.5, 0.6) is 0 Å². The molecule has 5 nitrogen and oxygen atoms in total. The molecule has 1 aliphatic carbocycles. The first-order valence-corrected chi connectivity index (χ1v) is 7.70. The Labute approximate surface area is 120 Å². The van der Waals surface area contributed by atoms with E-state index < -0.39 is 0 Å². The number of hydrogen-bond donors (Lipinski definition) is 2. The molecule has 0 aromatic carbocycles. The highest BCUT2D eigenvalue weighted by Gasteiger charge is 2.30. The number of hydrogen-bond acceptors (Lipinski definition) is 5. The van der Waals surface area contributed by atoms with Crippen molar-refractivity contribution >= 4 is 11.6 Å². The van der Waals surface area contributed by atoms with Gasteiger partial charge in [0, 0.05) is 24.6 Å². The van der Waals surface area contributed by atoms with Gasteiger partial charge in [0.1, 0.15) is 17.5 Å². The number of rotatable bonds is 3. The quantitative estimate of drug-likeness (QED) is 0.655. The van der Waals surface area contributed by atoms with Crippen LogP contribution in [-0.2, 0) is 0 Å². The largest absolute Gasteiger partial charge is 0.356 e. The predicted molar refractivity (Wildman–Crippen MR) is 81.7 cm³/mol. The smallest absolute Gasteiger partial charge is 0.148 e. The second kappa shape index (κ2) is 5.20. The molecular formula is C15H25N5. The van der Waals surface area contributed by atoms with Gasteiger partial charge < -0.3 is 10.3 Å². The number of nitrogens with one attached hydrogen (secondary N) is 1. The first-order chi connectivity index (χ1) is 9.60. The van der Waals surface area contributed by atoms with Crippen molar-refractivity contribution < 1.29 is 0 Å². The minimum Gasteiger partial charge on any atom is -0.356 e. The van der Waals surface area contributed by atoms with E-state index >= 15 is 0 Å². The lowest BCUT2D eigenvalue weighted by Gasteiger charge is -2.37. The van der Waals surface area contributed by atoms with Crippen molar-refractivity contribution in [1.82, 2.24) is 9.97 Å². The van der Waals surface area contributed by atoms with Crippen molar-refractivity contribution in [3.8, 4) is 0 Å². The van der Waals surface area contributed by atoms with Crippen LogP contribution in [-0.4, -0.2) is 23.1 Å². The highest BCUT2D eigenvalue weighted by atomic mass is 15.3. The maximum atomic E-state index is 5.63. The van der Waals surface area contributed by atoms with Crippen LogP contribution < -0.4 is 16.2 Å². The minimum atomic E-state index is 0.544. The average Bonchev–Trinajstić information content (AvgIpc) is 3.27. The van der Waals surface area contributed by atoms with Crippen molar-refractivity contribution in [2.75, 3.05) is 23.4 Å². The molecule has 1 aromatic rings. The molecule has 1 aliphatic heterocycles. The second-order valence-corrected chi connectivity index (χ2v) is 6.49. The van der Waals surface area contributed by atoms with E-state index in [1.807, 2.05) is 0 Å². The lowest BCUT2D eigenvalue weighted by molar-refractivity contribution is 0.322. The number of nitrogens with two attached hydrogens (primary N) is 1. The fraction of sp³-hybridized carbons (Fsp3) is 0.733. The van der Waals surface area contributed by atoms with E-state index in [2.05, 4.69) is 36.1 Å². The zero-order chi connectivity index (χ0) is 14.3. The lowest BCUT2D eigenvalue weighted by Crippen LogP contribution is -2.39. The third-order valence-electron chi connectivity index (χ3n) is 4.85. The Bertz CT molecular complexity index is 497. The van der Waals surface area contributed by atoms with Crippen molar-refractivity contribution in [3.63, 3.8) is 0 Å². The molecule has 0 spiro atoms. The normalized spacial score (nSPS) is 26.7. The Balaban J connectivity index is 1.93. The van der Waals surface area contributed by atoms with Gasteiger partial charge in [0.05, 0.1) is 0 Å². The Morgan fingerprint density at radius 2 is 1.90 bits per heavy atom. The number of hydrazine groups is 1. The van der Waals surface area contributed by atoms with Crippen LogP contribution >= 0.6 is 0 Å². The molecule has 1 saturated heterocycles. The van der Waals surface area contributed by atoms with Gasteiger partial charge in [-0.05, 0) is 38.0 Å². The summed E-state index contributed by atoms with van der Waals surface area (Å²) in [7, 11) is 0. The van der Waals surface area contributed by atoms with Gasteiger partial charge in [-0.15, -0.1) is 0 Å². The lowest BCUT2D eigenvalue weighted by atomic mass is 9.88. The molecule has 110 valence electrons. The number of nitrogens with zero attached hydrogens (tertiary/aromatic N) is 3. The molecule has 0 radical (unpaired) electrons. The van der Waals surface area contributed by atoms with Crippen molar-refractivity contribution in [1.29, 1.82) is 0 Å². The van der Waals surface area contributed by atoms with Crippen LogP contribution in [0.25, 0.3) is 0 Å². The highest BCUT2D eigenvalue weighted by molar-refractivity contribution is 5.58. The molecule has 2 atom stereocenters. The Morgan fingerprint density at radius 3 is 2.50 bits per heavy atom.